The van der Waals surface area contributed by atoms with Gasteiger partial charge in [0.1, 0.15) is 5.75 Å². The monoisotopic (exact) mass is 268 g/mol. The summed E-state index contributed by atoms with van der Waals surface area (Å²) >= 11 is 0. The van der Waals surface area contributed by atoms with Crippen molar-refractivity contribution in [3.8, 4) is 5.75 Å². The normalized spacial score (nSPS) is 11.8. The lowest BCUT2D eigenvalue weighted by molar-refractivity contribution is -0.139. The third kappa shape index (κ3) is 4.94. The molecule has 0 aromatic heterocycles. The second-order valence-corrected chi connectivity index (χ2v) is 3.83. The number of amides is 1. The van der Waals surface area contributed by atoms with E-state index >= 15 is 0 Å². The zero-order valence-electron chi connectivity index (χ0n) is 10.2. The second kappa shape index (κ2) is 7.34. The third-order valence-electron chi connectivity index (χ3n) is 2.36. The van der Waals surface area contributed by atoms with Crippen molar-refractivity contribution in [3.63, 3.8) is 0 Å². The van der Waals surface area contributed by atoms with Crippen LogP contribution in [0.5, 0.6) is 5.75 Å². The highest BCUT2D eigenvalue weighted by Crippen LogP contribution is 2.21. The largest absolute Gasteiger partial charge is 0.506 e. The number of hydrogen-bond donors (Lipinski definition) is 5. The molecule has 19 heavy (non-hydrogen) atoms. The number of benzene rings is 1. The number of carbonyl (C=O) groups excluding carboxylic acids is 1. The van der Waals surface area contributed by atoms with Gasteiger partial charge in [0.05, 0.1) is 24.8 Å². The highest BCUT2D eigenvalue weighted by atomic mass is 16.4. The molecule has 0 aliphatic heterocycles. The molecule has 1 aromatic rings. The van der Waals surface area contributed by atoms with Gasteiger partial charge in [-0.25, -0.2) is 0 Å². The molecular weight excluding hydrogens is 252 g/mol. The number of rotatable bonds is 7. The average Bonchev–Trinajstić information content (AvgIpc) is 2.36. The first-order chi connectivity index (χ1) is 9.04. The maximum atomic E-state index is 11.9. The number of aliphatic carboxylic acids is 1. The molecule has 0 aliphatic rings. The van der Waals surface area contributed by atoms with Gasteiger partial charge in [0.15, 0.2) is 0 Å². The molecular formula is C12H16N2O5. The van der Waals surface area contributed by atoms with Gasteiger partial charge < -0.3 is 26.0 Å². The first-order valence-corrected chi connectivity index (χ1v) is 5.69. The summed E-state index contributed by atoms with van der Waals surface area (Å²) in [5.74, 6) is -1.83. The van der Waals surface area contributed by atoms with E-state index in [9.17, 15) is 14.7 Å². The Bertz CT molecular complexity index is 450. The van der Waals surface area contributed by atoms with Crippen molar-refractivity contribution in [3.05, 3.63) is 24.3 Å². The summed E-state index contributed by atoms with van der Waals surface area (Å²) in [5.41, 5.74) is 0.202. The molecule has 5 N–H and O–H groups in total. The van der Waals surface area contributed by atoms with Gasteiger partial charge in [-0.2, -0.15) is 0 Å². The van der Waals surface area contributed by atoms with E-state index in [4.69, 9.17) is 10.2 Å². The minimum Gasteiger partial charge on any atom is -0.506 e. The number of carboxylic acid groups (broad SMARTS) is 1. The van der Waals surface area contributed by atoms with Crippen molar-refractivity contribution in [1.29, 1.82) is 0 Å². The second-order valence-electron chi connectivity index (χ2n) is 3.83. The maximum absolute atomic E-state index is 11.9. The van der Waals surface area contributed by atoms with Crippen LogP contribution in [0.4, 0.5) is 5.69 Å². The minimum absolute atomic E-state index is 0.103. The lowest BCUT2D eigenvalue weighted by Gasteiger charge is -2.16. The Morgan fingerprint density at radius 2 is 1.95 bits per heavy atom. The number of aliphatic hydroxyl groups is 1. The van der Waals surface area contributed by atoms with Crippen molar-refractivity contribution in [1.82, 2.24) is 5.32 Å². The van der Waals surface area contributed by atoms with Crippen LogP contribution in [-0.2, 0) is 9.59 Å². The van der Waals surface area contributed by atoms with Crippen LogP contribution in [0.25, 0.3) is 0 Å². The first-order valence-electron chi connectivity index (χ1n) is 5.69. The van der Waals surface area contributed by atoms with Crippen molar-refractivity contribution in [2.24, 2.45) is 0 Å². The Balaban J connectivity index is 2.70. The molecule has 1 aromatic carbocycles. The van der Waals surface area contributed by atoms with E-state index < -0.39 is 24.3 Å². The molecule has 0 radical (unpaired) electrons. The predicted octanol–water partition coefficient (Wildman–Crippen LogP) is -0.244. The van der Waals surface area contributed by atoms with Gasteiger partial charge in [0.25, 0.3) is 0 Å². The maximum Gasteiger partial charge on any atom is 0.305 e. The number of anilines is 1. The predicted molar refractivity (Wildman–Crippen MR) is 67.9 cm³/mol. The van der Waals surface area contributed by atoms with Gasteiger partial charge in [-0.15, -0.1) is 0 Å². The number of aromatic hydroxyl groups is 1. The fourth-order valence-corrected chi connectivity index (χ4v) is 1.47. The molecule has 0 heterocycles. The quantitative estimate of drug-likeness (QED) is 0.435. The van der Waals surface area contributed by atoms with E-state index in [1.54, 1.807) is 12.1 Å². The lowest BCUT2D eigenvalue weighted by atomic mass is 10.2. The highest BCUT2D eigenvalue weighted by molar-refractivity contribution is 5.97. The summed E-state index contributed by atoms with van der Waals surface area (Å²) in [6.45, 7) is -0.105. The Morgan fingerprint density at radius 3 is 2.53 bits per heavy atom. The van der Waals surface area contributed by atoms with Crippen LogP contribution in [0.2, 0.25) is 0 Å². The summed E-state index contributed by atoms with van der Waals surface area (Å²) in [5, 5.41) is 32.0. The van der Waals surface area contributed by atoms with Crippen LogP contribution in [-0.4, -0.2) is 46.4 Å². The highest BCUT2D eigenvalue weighted by Gasteiger charge is 2.21. The SMILES string of the molecule is O=C(O)C[C@H](NCCO)C(=O)Nc1ccccc1O. The van der Waals surface area contributed by atoms with E-state index in [0.29, 0.717) is 0 Å². The molecule has 0 fully saturated rings. The zero-order chi connectivity index (χ0) is 14.3. The summed E-state index contributed by atoms with van der Waals surface area (Å²) < 4.78 is 0. The Labute approximate surface area is 109 Å². The van der Waals surface area contributed by atoms with Crippen molar-refractivity contribution in [2.75, 3.05) is 18.5 Å². The summed E-state index contributed by atoms with van der Waals surface area (Å²) in [6.07, 6.45) is -0.417. The molecule has 1 atom stereocenters. The van der Waals surface area contributed by atoms with Crippen LogP contribution in [0.1, 0.15) is 6.42 Å². The molecule has 0 saturated carbocycles. The standard InChI is InChI=1S/C12H16N2O5/c15-6-5-13-9(7-11(17)18)12(19)14-8-3-1-2-4-10(8)16/h1-4,9,13,15-16H,5-7H2,(H,14,19)(H,17,18)/t9-/m0/s1. The van der Waals surface area contributed by atoms with E-state index in [-0.39, 0.29) is 24.6 Å². The molecule has 1 rings (SSSR count). The first kappa shape index (κ1) is 14.9. The molecule has 104 valence electrons. The van der Waals surface area contributed by atoms with Crippen LogP contribution in [0.15, 0.2) is 24.3 Å². The Morgan fingerprint density at radius 1 is 1.26 bits per heavy atom. The summed E-state index contributed by atoms with van der Waals surface area (Å²) in [7, 11) is 0. The van der Waals surface area contributed by atoms with Crippen LogP contribution >= 0.6 is 0 Å². The molecule has 0 saturated heterocycles. The number of phenolic OH excluding ortho intramolecular Hbond substituents is 1. The number of carbonyl (C=O) groups is 2. The smallest absolute Gasteiger partial charge is 0.305 e. The molecule has 0 spiro atoms. The molecule has 7 heteroatoms. The zero-order valence-corrected chi connectivity index (χ0v) is 10.2. The van der Waals surface area contributed by atoms with Crippen molar-refractivity contribution in [2.45, 2.75) is 12.5 Å². The van der Waals surface area contributed by atoms with Gasteiger partial charge in [0.2, 0.25) is 5.91 Å². The fourth-order valence-electron chi connectivity index (χ4n) is 1.47. The molecule has 7 nitrogen and oxygen atoms in total. The Hall–Kier alpha value is -2.12. The average molecular weight is 268 g/mol. The Kier molecular flexibility index (Phi) is 5.77. The molecule has 0 bridgehead atoms. The van der Waals surface area contributed by atoms with Crippen molar-refractivity contribution < 1.29 is 24.9 Å². The van der Waals surface area contributed by atoms with Crippen LogP contribution < -0.4 is 10.6 Å². The topological polar surface area (TPSA) is 119 Å². The summed E-state index contributed by atoms with van der Waals surface area (Å²) in [4.78, 5) is 22.5. The molecule has 0 aliphatic carbocycles. The van der Waals surface area contributed by atoms with E-state index in [0.717, 1.165) is 0 Å². The number of hydrogen-bond acceptors (Lipinski definition) is 5. The van der Waals surface area contributed by atoms with Crippen molar-refractivity contribution >= 4 is 17.6 Å². The number of carboxylic acids is 1. The summed E-state index contributed by atoms with van der Waals surface area (Å²) in [6, 6.07) is 5.15. The third-order valence-corrected chi connectivity index (χ3v) is 2.36. The lowest BCUT2D eigenvalue weighted by Crippen LogP contribution is -2.43. The van der Waals surface area contributed by atoms with Gasteiger partial charge >= 0.3 is 5.97 Å². The van der Waals surface area contributed by atoms with E-state index in [1.165, 1.54) is 12.1 Å². The van der Waals surface area contributed by atoms with Gasteiger partial charge in [-0.1, -0.05) is 12.1 Å². The van der Waals surface area contributed by atoms with Crippen LogP contribution in [0, 0.1) is 0 Å². The van der Waals surface area contributed by atoms with E-state index in [1.807, 2.05) is 0 Å². The van der Waals surface area contributed by atoms with Gasteiger partial charge in [0, 0.05) is 6.54 Å². The van der Waals surface area contributed by atoms with Gasteiger partial charge in [-0.3, -0.25) is 9.59 Å². The number of nitrogens with one attached hydrogen (secondary N) is 2. The molecule has 0 unspecified atom stereocenters. The minimum atomic E-state index is -1.14. The number of aliphatic hydroxyl groups excluding tert-OH is 1. The van der Waals surface area contributed by atoms with Gasteiger partial charge in [-0.05, 0) is 12.1 Å². The molecule has 1 amide bonds. The fraction of sp³-hybridized carbons (Fsp3) is 0.333. The van der Waals surface area contributed by atoms with Crippen LogP contribution in [0.3, 0.4) is 0 Å². The number of phenols is 1. The van der Waals surface area contributed by atoms with E-state index in [2.05, 4.69) is 10.6 Å². The number of para-hydroxylation sites is 2.